The Labute approximate surface area is 106 Å². The fraction of sp³-hybridized carbons (Fsp3) is 0.538. The van der Waals surface area contributed by atoms with Gasteiger partial charge in [-0.15, -0.1) is 0 Å². The summed E-state index contributed by atoms with van der Waals surface area (Å²) in [5, 5.41) is 3.42. The Morgan fingerprint density at radius 3 is 2.81 bits per heavy atom. The van der Waals surface area contributed by atoms with Gasteiger partial charge in [0, 0.05) is 6.54 Å². The monoisotopic (exact) mass is 285 g/mol. The molecule has 0 aliphatic carbocycles. The Kier molecular flexibility index (Phi) is 5.85. The second-order valence-corrected chi connectivity index (χ2v) is 5.04. The van der Waals surface area contributed by atoms with Gasteiger partial charge in [-0.05, 0) is 47.0 Å². The highest BCUT2D eigenvalue weighted by Crippen LogP contribution is 2.22. The van der Waals surface area contributed by atoms with Gasteiger partial charge in [-0.3, -0.25) is 0 Å². The predicted octanol–water partition coefficient (Wildman–Crippen LogP) is 4.08. The van der Waals surface area contributed by atoms with Gasteiger partial charge >= 0.3 is 0 Å². The molecule has 1 rings (SSSR count). The molecule has 0 aliphatic rings. The fourth-order valence-electron chi connectivity index (χ4n) is 1.41. The van der Waals surface area contributed by atoms with Gasteiger partial charge in [-0.25, -0.2) is 0 Å². The second kappa shape index (κ2) is 6.92. The van der Waals surface area contributed by atoms with Crippen molar-refractivity contribution in [1.82, 2.24) is 5.32 Å². The van der Waals surface area contributed by atoms with E-state index in [9.17, 15) is 0 Å². The summed E-state index contributed by atoms with van der Waals surface area (Å²) in [5.74, 6) is 1.43. The summed E-state index contributed by atoms with van der Waals surface area (Å²) in [6.07, 6.45) is 4.99. The minimum Gasteiger partial charge on any atom is -0.464 e. The molecule has 0 amide bonds. The van der Waals surface area contributed by atoms with E-state index in [2.05, 4.69) is 48.1 Å². The average molecular weight is 286 g/mol. The fourth-order valence-corrected chi connectivity index (χ4v) is 1.72. The lowest BCUT2D eigenvalue weighted by Gasteiger charge is -2.11. The molecule has 1 N–H and O–H groups in total. The van der Waals surface area contributed by atoms with Gasteiger partial charge in [0.1, 0.15) is 5.76 Å². The van der Waals surface area contributed by atoms with Crippen molar-refractivity contribution in [1.29, 1.82) is 0 Å². The summed E-state index contributed by atoms with van der Waals surface area (Å²) < 4.78 is 6.42. The van der Waals surface area contributed by atoms with Crippen LogP contribution in [0.5, 0.6) is 0 Å². The van der Waals surface area contributed by atoms with Crippen molar-refractivity contribution in [3.05, 3.63) is 28.1 Å². The van der Waals surface area contributed by atoms with Crippen molar-refractivity contribution in [3.8, 4) is 0 Å². The molecule has 16 heavy (non-hydrogen) atoms. The average Bonchev–Trinajstić information content (AvgIpc) is 2.63. The maximum Gasteiger partial charge on any atom is 0.140 e. The number of halogens is 1. The summed E-state index contributed by atoms with van der Waals surface area (Å²) in [6, 6.07) is 1.92. The minimum atomic E-state index is 0.529. The molecule has 0 aliphatic heterocycles. The van der Waals surface area contributed by atoms with Crippen molar-refractivity contribution in [2.45, 2.75) is 27.2 Å². The van der Waals surface area contributed by atoms with Gasteiger partial charge in [0.2, 0.25) is 0 Å². The summed E-state index contributed by atoms with van der Waals surface area (Å²) in [6.45, 7) is 8.57. The van der Waals surface area contributed by atoms with Gasteiger partial charge in [0.25, 0.3) is 0 Å². The van der Waals surface area contributed by atoms with Crippen LogP contribution in [0.1, 0.15) is 33.0 Å². The van der Waals surface area contributed by atoms with Crippen LogP contribution < -0.4 is 5.32 Å². The van der Waals surface area contributed by atoms with Crippen LogP contribution >= 0.6 is 15.9 Å². The van der Waals surface area contributed by atoms with Crippen molar-refractivity contribution < 1.29 is 4.42 Å². The van der Waals surface area contributed by atoms with Crippen molar-refractivity contribution >= 4 is 22.0 Å². The first-order chi connectivity index (χ1) is 7.65. The number of hydrogen-bond donors (Lipinski definition) is 1. The van der Waals surface area contributed by atoms with Crippen molar-refractivity contribution in [2.24, 2.45) is 5.92 Å². The van der Waals surface area contributed by atoms with Crippen LogP contribution in [0.3, 0.4) is 0 Å². The number of hydrogen-bond acceptors (Lipinski definition) is 2. The van der Waals surface area contributed by atoms with E-state index in [0.717, 1.165) is 29.7 Å². The quantitative estimate of drug-likeness (QED) is 0.797. The van der Waals surface area contributed by atoms with Crippen LogP contribution in [0.25, 0.3) is 6.08 Å². The molecular formula is C13H20BrNO. The van der Waals surface area contributed by atoms with E-state index in [4.69, 9.17) is 4.42 Å². The number of furan rings is 1. The first kappa shape index (κ1) is 13.5. The van der Waals surface area contributed by atoms with Crippen LogP contribution in [0, 0.1) is 5.92 Å². The second-order valence-electron chi connectivity index (χ2n) is 4.18. The molecule has 1 heterocycles. The molecule has 1 aromatic heterocycles. The highest BCUT2D eigenvalue weighted by molar-refractivity contribution is 9.10. The Hall–Kier alpha value is -0.540. The first-order valence-electron chi connectivity index (χ1n) is 5.79. The van der Waals surface area contributed by atoms with Crippen LogP contribution in [-0.4, -0.2) is 13.1 Å². The van der Waals surface area contributed by atoms with E-state index < -0.39 is 0 Å². The van der Waals surface area contributed by atoms with Crippen LogP contribution in [0.15, 0.2) is 26.8 Å². The zero-order valence-corrected chi connectivity index (χ0v) is 11.8. The van der Waals surface area contributed by atoms with E-state index in [0.29, 0.717) is 5.92 Å². The van der Waals surface area contributed by atoms with Crippen LogP contribution in [0.2, 0.25) is 0 Å². The molecular weight excluding hydrogens is 266 g/mol. The SMILES string of the molecule is CCCNC/C(=C/c1occc1Br)C(C)C. The van der Waals surface area contributed by atoms with E-state index >= 15 is 0 Å². The predicted molar refractivity (Wildman–Crippen MR) is 72.4 cm³/mol. The minimum absolute atomic E-state index is 0.529. The third-order valence-electron chi connectivity index (χ3n) is 2.46. The molecule has 0 radical (unpaired) electrons. The Bertz CT molecular complexity index is 341. The van der Waals surface area contributed by atoms with Crippen LogP contribution in [-0.2, 0) is 0 Å². The Morgan fingerprint density at radius 1 is 1.56 bits per heavy atom. The van der Waals surface area contributed by atoms with E-state index in [1.807, 2.05) is 6.07 Å². The highest BCUT2D eigenvalue weighted by atomic mass is 79.9. The molecule has 0 bridgehead atoms. The number of rotatable bonds is 6. The van der Waals surface area contributed by atoms with Gasteiger partial charge < -0.3 is 9.73 Å². The van der Waals surface area contributed by atoms with Crippen molar-refractivity contribution in [3.63, 3.8) is 0 Å². The third kappa shape index (κ3) is 4.14. The molecule has 3 heteroatoms. The third-order valence-corrected chi connectivity index (χ3v) is 3.11. The first-order valence-corrected chi connectivity index (χ1v) is 6.58. The summed E-state index contributed by atoms with van der Waals surface area (Å²) in [5.41, 5.74) is 1.36. The zero-order chi connectivity index (χ0) is 12.0. The topological polar surface area (TPSA) is 25.2 Å². The van der Waals surface area contributed by atoms with Gasteiger partial charge in [-0.1, -0.05) is 26.3 Å². The van der Waals surface area contributed by atoms with E-state index in [1.54, 1.807) is 6.26 Å². The summed E-state index contributed by atoms with van der Waals surface area (Å²) in [7, 11) is 0. The maximum atomic E-state index is 5.40. The Balaban J connectivity index is 2.69. The molecule has 2 nitrogen and oxygen atoms in total. The van der Waals surface area contributed by atoms with Gasteiger partial charge in [-0.2, -0.15) is 0 Å². The largest absolute Gasteiger partial charge is 0.464 e. The lowest BCUT2D eigenvalue weighted by Crippen LogP contribution is -2.19. The standard InChI is InChI=1S/C13H20BrNO/c1-4-6-15-9-11(10(2)3)8-13-12(14)5-7-16-13/h5,7-8,10,15H,4,6,9H2,1-3H3/b11-8-. The molecule has 0 unspecified atom stereocenters. The molecule has 1 aromatic rings. The smallest absolute Gasteiger partial charge is 0.140 e. The van der Waals surface area contributed by atoms with Gasteiger partial charge in [0.05, 0.1) is 10.7 Å². The molecule has 0 saturated carbocycles. The zero-order valence-electron chi connectivity index (χ0n) is 10.2. The van der Waals surface area contributed by atoms with Crippen molar-refractivity contribution in [2.75, 3.05) is 13.1 Å². The van der Waals surface area contributed by atoms with Gasteiger partial charge in [0.15, 0.2) is 0 Å². The summed E-state index contributed by atoms with van der Waals surface area (Å²) >= 11 is 3.47. The lowest BCUT2D eigenvalue weighted by molar-refractivity contribution is 0.553. The Morgan fingerprint density at radius 2 is 2.31 bits per heavy atom. The maximum absolute atomic E-state index is 5.40. The van der Waals surface area contributed by atoms with Crippen LogP contribution in [0.4, 0.5) is 0 Å². The molecule has 0 atom stereocenters. The van der Waals surface area contributed by atoms with E-state index in [1.165, 1.54) is 5.57 Å². The molecule has 0 fully saturated rings. The highest BCUT2D eigenvalue weighted by Gasteiger charge is 2.06. The van der Waals surface area contributed by atoms with E-state index in [-0.39, 0.29) is 0 Å². The molecule has 0 saturated heterocycles. The normalized spacial score (nSPS) is 12.4. The summed E-state index contributed by atoms with van der Waals surface area (Å²) in [4.78, 5) is 0. The molecule has 0 spiro atoms. The number of nitrogens with one attached hydrogen (secondary N) is 1. The lowest BCUT2D eigenvalue weighted by atomic mass is 10.0. The molecule has 90 valence electrons. The molecule has 0 aromatic carbocycles.